The van der Waals surface area contributed by atoms with Gasteiger partial charge >= 0.3 is 17.9 Å². The fourth-order valence-electron chi connectivity index (χ4n) is 3.56. The first kappa shape index (κ1) is 38.4. The highest BCUT2D eigenvalue weighted by molar-refractivity contribution is 5.86. The highest BCUT2D eigenvalue weighted by atomic mass is 16.5. The maximum atomic E-state index is 12.3. The molecule has 0 saturated carbocycles. The Labute approximate surface area is 245 Å². The summed E-state index contributed by atoms with van der Waals surface area (Å²) < 4.78 is 10.4. The molecule has 0 aliphatic rings. The van der Waals surface area contributed by atoms with E-state index in [1.807, 2.05) is 0 Å². The maximum absolute atomic E-state index is 12.3. The Balaban J connectivity index is 4.31. The van der Waals surface area contributed by atoms with E-state index < -0.39 is 53.4 Å². The van der Waals surface area contributed by atoms with Crippen LogP contribution in [-0.2, 0) is 43.0 Å². The van der Waals surface area contributed by atoms with Crippen molar-refractivity contribution in [2.45, 2.75) is 77.7 Å². The molecule has 0 fully saturated rings. The van der Waals surface area contributed by atoms with Crippen LogP contribution in [0.1, 0.15) is 71.6 Å². The van der Waals surface area contributed by atoms with Crippen LogP contribution in [0.25, 0.3) is 0 Å². The van der Waals surface area contributed by atoms with Crippen LogP contribution in [0.2, 0.25) is 0 Å². The lowest BCUT2D eigenvalue weighted by Crippen LogP contribution is -2.42. The van der Waals surface area contributed by atoms with E-state index in [0.29, 0.717) is 38.8 Å². The van der Waals surface area contributed by atoms with E-state index in [1.54, 1.807) is 13.8 Å². The van der Waals surface area contributed by atoms with Crippen molar-refractivity contribution < 1.29 is 58.4 Å². The van der Waals surface area contributed by atoms with Crippen LogP contribution in [0.15, 0.2) is 0 Å². The zero-order valence-corrected chi connectivity index (χ0v) is 24.4. The molecule has 240 valence electrons. The lowest BCUT2D eigenvalue weighted by molar-refractivity contribution is -0.145. The van der Waals surface area contributed by atoms with E-state index in [2.05, 4.69) is 16.0 Å². The SMILES string of the molecule is CCC(=O)NCCOCCOCC(=O)C[C@@H](CCC(=O)N[C@@H](CCC(=O)NCCCC[C@H](C)C(=O)O)C(=O)O)C(=O)O. The fraction of sp³-hybridized carbons (Fsp3) is 0.741. The number of unbranched alkanes of at least 4 members (excludes halogenated alkanes) is 1. The average molecular weight is 604 g/mol. The molecule has 42 heavy (non-hydrogen) atoms. The maximum Gasteiger partial charge on any atom is 0.326 e. The molecule has 0 spiro atoms. The summed E-state index contributed by atoms with van der Waals surface area (Å²) in [7, 11) is 0. The third-order valence-corrected chi connectivity index (χ3v) is 6.17. The molecule has 0 aliphatic carbocycles. The van der Waals surface area contributed by atoms with E-state index in [9.17, 15) is 43.8 Å². The Hall–Kier alpha value is -3.59. The molecular formula is C27H45N3O12. The van der Waals surface area contributed by atoms with Gasteiger partial charge in [-0.05, 0) is 25.7 Å². The number of nitrogens with one attached hydrogen (secondary N) is 3. The summed E-state index contributed by atoms with van der Waals surface area (Å²) in [5.74, 6) is -6.88. The number of rotatable bonds is 26. The molecule has 0 unspecified atom stereocenters. The summed E-state index contributed by atoms with van der Waals surface area (Å²) in [5, 5.41) is 35.2. The van der Waals surface area contributed by atoms with Gasteiger partial charge in [-0.3, -0.25) is 28.8 Å². The number of aliphatic carboxylic acids is 3. The van der Waals surface area contributed by atoms with Gasteiger partial charge in [-0.2, -0.15) is 0 Å². The molecule has 6 N–H and O–H groups in total. The van der Waals surface area contributed by atoms with E-state index in [0.717, 1.165) is 0 Å². The fourth-order valence-corrected chi connectivity index (χ4v) is 3.56. The molecule has 0 aromatic rings. The van der Waals surface area contributed by atoms with Crippen molar-refractivity contribution in [1.29, 1.82) is 0 Å². The standard InChI is InChI=1S/C27H45N3O12/c1-3-22(32)29-12-13-41-14-15-42-17-20(31)16-19(26(37)38)7-9-24(34)30-21(27(39)40)8-10-23(33)28-11-5-4-6-18(2)25(35)36/h18-19,21H,3-17H2,1-2H3,(H,28,33)(H,29,32)(H,30,34)(H,35,36)(H,37,38)(H,39,40)/t18-,19+,21-/m0/s1. The van der Waals surface area contributed by atoms with Crippen molar-refractivity contribution in [3.8, 4) is 0 Å². The first-order valence-electron chi connectivity index (χ1n) is 14.1. The van der Waals surface area contributed by atoms with Gasteiger partial charge in [0.05, 0.1) is 31.7 Å². The van der Waals surface area contributed by atoms with Gasteiger partial charge in [0.15, 0.2) is 5.78 Å². The summed E-state index contributed by atoms with van der Waals surface area (Å²) in [5.41, 5.74) is 0. The molecule has 3 amide bonds. The quantitative estimate of drug-likeness (QED) is 0.0735. The van der Waals surface area contributed by atoms with Gasteiger partial charge in [0.2, 0.25) is 17.7 Å². The van der Waals surface area contributed by atoms with Gasteiger partial charge < -0.3 is 40.7 Å². The van der Waals surface area contributed by atoms with Gasteiger partial charge in [-0.15, -0.1) is 0 Å². The normalized spacial score (nSPS) is 12.9. The second-order valence-electron chi connectivity index (χ2n) is 9.77. The zero-order chi connectivity index (χ0) is 31.9. The van der Waals surface area contributed by atoms with Crippen LogP contribution in [0, 0.1) is 11.8 Å². The van der Waals surface area contributed by atoms with E-state index >= 15 is 0 Å². The van der Waals surface area contributed by atoms with E-state index in [1.165, 1.54) is 0 Å². The van der Waals surface area contributed by atoms with Crippen molar-refractivity contribution >= 4 is 41.4 Å². The number of Topliss-reactive ketones (excluding diaryl/α,β-unsaturated/α-hetero) is 1. The van der Waals surface area contributed by atoms with Gasteiger partial charge in [0.1, 0.15) is 12.6 Å². The third-order valence-electron chi connectivity index (χ3n) is 6.17. The number of carbonyl (C=O) groups excluding carboxylic acids is 4. The molecule has 0 radical (unpaired) electrons. The second kappa shape index (κ2) is 23.0. The van der Waals surface area contributed by atoms with Crippen LogP contribution < -0.4 is 16.0 Å². The van der Waals surface area contributed by atoms with Crippen LogP contribution in [-0.4, -0.2) is 102 Å². The molecule has 0 aromatic carbocycles. The zero-order valence-electron chi connectivity index (χ0n) is 24.4. The summed E-state index contributed by atoms with van der Waals surface area (Å²) in [4.78, 5) is 81.4. The third kappa shape index (κ3) is 20.3. The van der Waals surface area contributed by atoms with Crippen molar-refractivity contribution in [3.63, 3.8) is 0 Å². The Bertz CT molecular complexity index is 896. The average Bonchev–Trinajstić information content (AvgIpc) is 2.93. The number of carbonyl (C=O) groups is 7. The topological polar surface area (TPSA) is 235 Å². The molecule has 0 bridgehead atoms. The van der Waals surface area contributed by atoms with E-state index in [-0.39, 0.29) is 64.4 Å². The van der Waals surface area contributed by atoms with Crippen LogP contribution in [0.3, 0.4) is 0 Å². The van der Waals surface area contributed by atoms with Gasteiger partial charge in [0, 0.05) is 38.8 Å². The predicted octanol–water partition coefficient (Wildman–Crippen LogP) is 0.343. The summed E-state index contributed by atoms with van der Waals surface area (Å²) in [6.45, 7) is 4.19. The number of carboxylic acid groups (broad SMARTS) is 3. The molecule has 0 saturated heterocycles. The minimum Gasteiger partial charge on any atom is -0.481 e. The molecule has 0 rings (SSSR count). The number of ketones is 1. The monoisotopic (exact) mass is 603 g/mol. The number of hydrogen-bond acceptors (Lipinski definition) is 9. The predicted molar refractivity (Wildman–Crippen MR) is 147 cm³/mol. The smallest absolute Gasteiger partial charge is 0.326 e. The Morgan fingerprint density at radius 3 is 1.95 bits per heavy atom. The largest absolute Gasteiger partial charge is 0.481 e. The van der Waals surface area contributed by atoms with Crippen LogP contribution in [0.4, 0.5) is 0 Å². The van der Waals surface area contributed by atoms with E-state index in [4.69, 9.17) is 14.6 Å². The molecular weight excluding hydrogens is 558 g/mol. The molecule has 0 aliphatic heterocycles. The molecule has 15 heteroatoms. The van der Waals surface area contributed by atoms with Gasteiger partial charge in [-0.25, -0.2) is 4.79 Å². The van der Waals surface area contributed by atoms with Gasteiger partial charge in [0.25, 0.3) is 0 Å². The van der Waals surface area contributed by atoms with Crippen LogP contribution in [0.5, 0.6) is 0 Å². The van der Waals surface area contributed by atoms with Crippen molar-refractivity contribution in [1.82, 2.24) is 16.0 Å². The summed E-state index contributed by atoms with van der Waals surface area (Å²) in [6.07, 6.45) is 0.758. The number of amides is 3. The van der Waals surface area contributed by atoms with Crippen molar-refractivity contribution in [2.24, 2.45) is 11.8 Å². The number of carboxylic acids is 3. The summed E-state index contributed by atoms with van der Waals surface area (Å²) >= 11 is 0. The molecule has 3 atom stereocenters. The van der Waals surface area contributed by atoms with Crippen molar-refractivity contribution in [3.05, 3.63) is 0 Å². The molecule has 0 aromatic heterocycles. The Morgan fingerprint density at radius 2 is 1.33 bits per heavy atom. The lowest BCUT2D eigenvalue weighted by atomic mass is 9.97. The Kier molecular flexibility index (Phi) is 21.1. The minimum atomic E-state index is -1.36. The van der Waals surface area contributed by atoms with Crippen molar-refractivity contribution in [2.75, 3.05) is 39.5 Å². The molecule has 15 nitrogen and oxygen atoms in total. The summed E-state index contributed by atoms with van der Waals surface area (Å²) in [6, 6.07) is -1.36. The molecule has 0 heterocycles. The Morgan fingerprint density at radius 1 is 0.690 bits per heavy atom. The second-order valence-corrected chi connectivity index (χ2v) is 9.77. The first-order chi connectivity index (χ1) is 19.9. The first-order valence-corrected chi connectivity index (χ1v) is 14.1. The lowest BCUT2D eigenvalue weighted by Gasteiger charge is -2.16. The van der Waals surface area contributed by atoms with Crippen LogP contribution >= 0.6 is 0 Å². The highest BCUT2D eigenvalue weighted by Crippen LogP contribution is 2.13. The minimum absolute atomic E-state index is 0.0915. The van der Waals surface area contributed by atoms with Gasteiger partial charge in [-0.1, -0.05) is 20.3 Å². The number of ether oxygens (including phenoxy) is 2. The number of hydrogen-bond donors (Lipinski definition) is 6. The highest BCUT2D eigenvalue weighted by Gasteiger charge is 2.25.